The first kappa shape index (κ1) is 17.9. The van der Waals surface area contributed by atoms with Crippen molar-refractivity contribution >= 4 is 11.9 Å². The molecule has 0 aliphatic carbocycles. The van der Waals surface area contributed by atoms with E-state index in [2.05, 4.69) is 19.2 Å². The second-order valence-corrected chi connectivity index (χ2v) is 6.59. The molecule has 0 aromatic heterocycles. The van der Waals surface area contributed by atoms with Crippen LogP contribution in [0.25, 0.3) is 0 Å². The molecule has 1 amide bonds. The Morgan fingerprint density at radius 3 is 2.11 bits per heavy atom. The summed E-state index contributed by atoms with van der Waals surface area (Å²) >= 11 is 0. The number of carbonyl (C=O) groups excluding carboxylic acids is 1. The summed E-state index contributed by atoms with van der Waals surface area (Å²) in [6.45, 7) is 8.52. The molecule has 0 radical (unpaired) electrons. The standard InChI is InChI=1S/C14H28N2O3/c1-10(2)11(9-16(5)6)15-12(17)7-14(3,4)8-13(18)19/h10-11H,7-9H2,1-6H3,(H,15,17)(H,18,19). The van der Waals surface area contributed by atoms with E-state index >= 15 is 0 Å². The van der Waals surface area contributed by atoms with Crippen molar-refractivity contribution in [1.29, 1.82) is 0 Å². The van der Waals surface area contributed by atoms with Gasteiger partial charge in [-0.2, -0.15) is 0 Å². The smallest absolute Gasteiger partial charge is 0.303 e. The minimum atomic E-state index is -0.869. The molecule has 1 unspecified atom stereocenters. The molecule has 0 rings (SSSR count). The molecule has 0 aromatic carbocycles. The summed E-state index contributed by atoms with van der Waals surface area (Å²) in [4.78, 5) is 24.8. The van der Waals surface area contributed by atoms with Crippen molar-refractivity contribution in [2.75, 3.05) is 20.6 Å². The summed E-state index contributed by atoms with van der Waals surface area (Å²) in [5.74, 6) is -0.604. The van der Waals surface area contributed by atoms with Gasteiger partial charge in [-0.15, -0.1) is 0 Å². The normalized spacial score (nSPS) is 13.7. The number of likely N-dealkylation sites (N-methyl/N-ethyl adjacent to an activating group) is 1. The van der Waals surface area contributed by atoms with Crippen molar-refractivity contribution in [3.63, 3.8) is 0 Å². The number of rotatable bonds is 8. The fourth-order valence-corrected chi connectivity index (χ4v) is 1.98. The van der Waals surface area contributed by atoms with E-state index in [9.17, 15) is 9.59 Å². The molecule has 0 heterocycles. The van der Waals surface area contributed by atoms with Crippen LogP contribution in [-0.2, 0) is 9.59 Å². The monoisotopic (exact) mass is 272 g/mol. The van der Waals surface area contributed by atoms with Gasteiger partial charge >= 0.3 is 5.97 Å². The fraction of sp³-hybridized carbons (Fsp3) is 0.857. The van der Waals surface area contributed by atoms with Gasteiger partial charge in [-0.05, 0) is 25.4 Å². The van der Waals surface area contributed by atoms with E-state index in [0.717, 1.165) is 6.54 Å². The van der Waals surface area contributed by atoms with Crippen LogP contribution < -0.4 is 5.32 Å². The Labute approximate surface area is 116 Å². The lowest BCUT2D eigenvalue weighted by Crippen LogP contribution is -2.46. The summed E-state index contributed by atoms with van der Waals surface area (Å²) < 4.78 is 0. The van der Waals surface area contributed by atoms with Crippen LogP contribution in [0.5, 0.6) is 0 Å². The van der Waals surface area contributed by atoms with Gasteiger partial charge in [0.15, 0.2) is 0 Å². The van der Waals surface area contributed by atoms with Gasteiger partial charge in [-0.3, -0.25) is 9.59 Å². The Morgan fingerprint density at radius 1 is 1.21 bits per heavy atom. The number of carboxylic acids is 1. The SMILES string of the molecule is CC(C)C(CN(C)C)NC(=O)CC(C)(C)CC(=O)O. The van der Waals surface area contributed by atoms with E-state index in [0.29, 0.717) is 5.92 Å². The third-order valence-corrected chi connectivity index (χ3v) is 2.98. The Bertz CT molecular complexity index is 312. The highest BCUT2D eigenvalue weighted by atomic mass is 16.4. The molecule has 0 bridgehead atoms. The highest BCUT2D eigenvalue weighted by Crippen LogP contribution is 2.24. The summed E-state index contributed by atoms with van der Waals surface area (Å²) in [5.41, 5.74) is -0.518. The van der Waals surface area contributed by atoms with Crippen LogP contribution in [0.2, 0.25) is 0 Å². The van der Waals surface area contributed by atoms with E-state index in [-0.39, 0.29) is 24.8 Å². The van der Waals surface area contributed by atoms with Crippen molar-refractivity contribution in [3.05, 3.63) is 0 Å². The maximum atomic E-state index is 12.0. The van der Waals surface area contributed by atoms with Gasteiger partial charge in [0.25, 0.3) is 0 Å². The van der Waals surface area contributed by atoms with Crippen molar-refractivity contribution < 1.29 is 14.7 Å². The van der Waals surface area contributed by atoms with Gasteiger partial charge < -0.3 is 15.3 Å². The van der Waals surface area contributed by atoms with Gasteiger partial charge in [0, 0.05) is 19.0 Å². The van der Waals surface area contributed by atoms with Crippen LogP contribution in [0.4, 0.5) is 0 Å². The second-order valence-electron chi connectivity index (χ2n) is 6.59. The average Bonchev–Trinajstić information content (AvgIpc) is 2.11. The zero-order valence-electron chi connectivity index (χ0n) is 13.0. The molecular weight excluding hydrogens is 244 g/mol. The fourth-order valence-electron chi connectivity index (χ4n) is 1.98. The maximum absolute atomic E-state index is 12.0. The van der Waals surface area contributed by atoms with E-state index in [1.165, 1.54) is 0 Å². The molecule has 2 N–H and O–H groups in total. The molecular formula is C14H28N2O3. The first-order valence-corrected chi connectivity index (χ1v) is 6.69. The first-order valence-electron chi connectivity index (χ1n) is 6.69. The summed E-state index contributed by atoms with van der Waals surface area (Å²) in [6.07, 6.45) is 0.233. The number of carbonyl (C=O) groups is 2. The largest absolute Gasteiger partial charge is 0.481 e. The van der Waals surface area contributed by atoms with Crippen molar-refractivity contribution in [1.82, 2.24) is 10.2 Å². The molecule has 1 atom stereocenters. The maximum Gasteiger partial charge on any atom is 0.303 e. The molecule has 0 aliphatic heterocycles. The predicted molar refractivity (Wildman–Crippen MR) is 76.0 cm³/mol. The zero-order chi connectivity index (χ0) is 15.2. The molecule has 0 spiro atoms. The molecule has 112 valence electrons. The van der Waals surface area contributed by atoms with Crippen molar-refractivity contribution in [2.45, 2.75) is 46.6 Å². The van der Waals surface area contributed by atoms with Crippen LogP contribution in [0.3, 0.4) is 0 Å². The van der Waals surface area contributed by atoms with Crippen molar-refractivity contribution in [2.24, 2.45) is 11.3 Å². The van der Waals surface area contributed by atoms with E-state index < -0.39 is 11.4 Å². The van der Waals surface area contributed by atoms with Gasteiger partial charge in [-0.25, -0.2) is 0 Å². The highest BCUT2D eigenvalue weighted by Gasteiger charge is 2.26. The number of amides is 1. The molecule has 0 aromatic rings. The molecule has 0 saturated carbocycles. The van der Waals surface area contributed by atoms with Gasteiger partial charge in [0.1, 0.15) is 0 Å². The minimum Gasteiger partial charge on any atom is -0.481 e. The second kappa shape index (κ2) is 7.48. The number of hydrogen-bond acceptors (Lipinski definition) is 3. The number of carboxylic acid groups (broad SMARTS) is 1. The highest BCUT2D eigenvalue weighted by molar-refractivity contribution is 5.78. The van der Waals surface area contributed by atoms with Gasteiger partial charge in [0.05, 0.1) is 6.42 Å². The quantitative estimate of drug-likeness (QED) is 0.704. The van der Waals surface area contributed by atoms with Crippen LogP contribution in [0, 0.1) is 11.3 Å². The van der Waals surface area contributed by atoms with E-state index in [4.69, 9.17) is 5.11 Å². The molecule has 0 saturated heterocycles. The van der Waals surface area contributed by atoms with Crippen LogP contribution in [0.1, 0.15) is 40.5 Å². The topological polar surface area (TPSA) is 69.6 Å². The lowest BCUT2D eigenvalue weighted by molar-refractivity contribution is -0.139. The number of nitrogens with one attached hydrogen (secondary N) is 1. The summed E-state index contributed by atoms with van der Waals surface area (Å²) in [7, 11) is 3.94. The summed E-state index contributed by atoms with van der Waals surface area (Å²) in [5, 5.41) is 11.8. The van der Waals surface area contributed by atoms with Gasteiger partial charge in [0.2, 0.25) is 5.91 Å². The number of nitrogens with zero attached hydrogens (tertiary/aromatic N) is 1. The number of aliphatic carboxylic acids is 1. The van der Waals surface area contributed by atoms with Crippen molar-refractivity contribution in [3.8, 4) is 0 Å². The third-order valence-electron chi connectivity index (χ3n) is 2.98. The molecule has 5 nitrogen and oxygen atoms in total. The molecule has 0 aliphatic rings. The molecule has 5 heteroatoms. The number of hydrogen-bond donors (Lipinski definition) is 2. The predicted octanol–water partition coefficient (Wildman–Crippen LogP) is 1.58. The zero-order valence-corrected chi connectivity index (χ0v) is 13.0. The van der Waals surface area contributed by atoms with Gasteiger partial charge in [-0.1, -0.05) is 27.7 Å². The average molecular weight is 272 g/mol. The van der Waals surface area contributed by atoms with Crippen LogP contribution >= 0.6 is 0 Å². The lowest BCUT2D eigenvalue weighted by Gasteiger charge is -2.28. The molecule has 0 fully saturated rings. The first-order chi connectivity index (χ1) is 8.53. The Morgan fingerprint density at radius 2 is 1.74 bits per heavy atom. The summed E-state index contributed by atoms with van der Waals surface area (Å²) in [6, 6.07) is 0.0862. The van der Waals surface area contributed by atoms with E-state index in [1.807, 2.05) is 19.0 Å². The van der Waals surface area contributed by atoms with E-state index in [1.54, 1.807) is 13.8 Å². The van der Waals surface area contributed by atoms with Crippen LogP contribution in [-0.4, -0.2) is 48.6 Å². The van der Waals surface area contributed by atoms with Crippen LogP contribution in [0.15, 0.2) is 0 Å². The minimum absolute atomic E-state index is 0.000442. The molecule has 19 heavy (non-hydrogen) atoms. The Balaban J connectivity index is 4.45. The Kier molecular flexibility index (Phi) is 7.05. The Hall–Kier alpha value is -1.10. The lowest BCUT2D eigenvalue weighted by atomic mass is 9.85. The third kappa shape index (κ3) is 8.59.